The van der Waals surface area contributed by atoms with Crippen LogP contribution in [0.25, 0.3) is 0 Å². The molecule has 5 nitrogen and oxygen atoms in total. The minimum Gasteiger partial charge on any atom is -0.493 e. The molecule has 0 amide bonds. The summed E-state index contributed by atoms with van der Waals surface area (Å²) in [6, 6.07) is 6.07. The van der Waals surface area contributed by atoms with E-state index in [1.807, 2.05) is 32.0 Å². The predicted octanol–water partition coefficient (Wildman–Crippen LogP) is 3.39. The Bertz CT molecular complexity index is 659. The van der Waals surface area contributed by atoms with E-state index in [0.29, 0.717) is 18.5 Å². The molecule has 0 saturated carbocycles. The number of hydrogen-bond acceptors (Lipinski definition) is 4. The van der Waals surface area contributed by atoms with Crippen LogP contribution in [0.2, 0.25) is 0 Å². The standard InChI is InChI=1S/C17H24N4O/c1-12(2)7-8-22-16-6-5-13(3)9-15(16)10-19-21-11-14(4)20-17(21)18/h5-6,9-12H,7-8H2,1-4H3,(H2,18,20). The summed E-state index contributed by atoms with van der Waals surface area (Å²) in [5.74, 6) is 1.84. The molecule has 0 spiro atoms. The zero-order valence-corrected chi connectivity index (χ0v) is 13.7. The maximum Gasteiger partial charge on any atom is 0.221 e. The summed E-state index contributed by atoms with van der Waals surface area (Å²) in [6.45, 7) is 9.00. The lowest BCUT2D eigenvalue weighted by molar-refractivity contribution is 0.289. The molecule has 1 heterocycles. The van der Waals surface area contributed by atoms with Crippen LogP contribution in [0.1, 0.15) is 37.1 Å². The second-order valence-corrected chi connectivity index (χ2v) is 5.90. The summed E-state index contributed by atoms with van der Waals surface area (Å²) in [7, 11) is 0. The number of nitrogens with two attached hydrogens (primary N) is 1. The summed E-state index contributed by atoms with van der Waals surface area (Å²) in [5.41, 5.74) is 8.73. The highest BCUT2D eigenvalue weighted by molar-refractivity contribution is 5.83. The largest absolute Gasteiger partial charge is 0.493 e. The van der Waals surface area contributed by atoms with Gasteiger partial charge in [-0.2, -0.15) is 5.10 Å². The average molecular weight is 300 g/mol. The summed E-state index contributed by atoms with van der Waals surface area (Å²) < 4.78 is 7.44. The second-order valence-electron chi connectivity index (χ2n) is 5.90. The van der Waals surface area contributed by atoms with Crippen LogP contribution in [-0.4, -0.2) is 22.5 Å². The molecule has 5 heteroatoms. The Labute approximate surface area is 131 Å². The lowest BCUT2D eigenvalue weighted by atomic mass is 10.1. The molecule has 1 aromatic heterocycles. The summed E-state index contributed by atoms with van der Waals surface area (Å²) in [6.07, 6.45) is 4.58. The van der Waals surface area contributed by atoms with Gasteiger partial charge in [0.15, 0.2) is 0 Å². The van der Waals surface area contributed by atoms with Gasteiger partial charge in [-0.1, -0.05) is 25.5 Å². The fourth-order valence-corrected chi connectivity index (χ4v) is 2.03. The number of benzene rings is 1. The Hall–Kier alpha value is -2.30. The van der Waals surface area contributed by atoms with E-state index in [-0.39, 0.29) is 0 Å². The van der Waals surface area contributed by atoms with E-state index < -0.39 is 0 Å². The summed E-state index contributed by atoms with van der Waals surface area (Å²) in [5, 5.41) is 4.37. The molecule has 0 aliphatic heterocycles. The molecule has 0 atom stereocenters. The van der Waals surface area contributed by atoms with Gasteiger partial charge in [-0.3, -0.25) is 0 Å². The van der Waals surface area contributed by atoms with Gasteiger partial charge >= 0.3 is 0 Å². The van der Waals surface area contributed by atoms with Crippen molar-refractivity contribution in [1.29, 1.82) is 0 Å². The highest BCUT2D eigenvalue weighted by atomic mass is 16.5. The molecule has 0 fully saturated rings. The third kappa shape index (κ3) is 4.35. The van der Waals surface area contributed by atoms with E-state index in [2.05, 4.69) is 23.9 Å². The van der Waals surface area contributed by atoms with Gasteiger partial charge < -0.3 is 10.5 Å². The number of ether oxygens (including phenoxy) is 1. The monoisotopic (exact) mass is 300 g/mol. The topological polar surface area (TPSA) is 65.4 Å². The molecular weight excluding hydrogens is 276 g/mol. The Morgan fingerprint density at radius 2 is 2.14 bits per heavy atom. The van der Waals surface area contributed by atoms with Gasteiger partial charge in [-0.25, -0.2) is 9.66 Å². The minimum absolute atomic E-state index is 0.378. The molecule has 0 aliphatic rings. The van der Waals surface area contributed by atoms with Gasteiger partial charge in [0.2, 0.25) is 5.95 Å². The Morgan fingerprint density at radius 1 is 1.36 bits per heavy atom. The van der Waals surface area contributed by atoms with Crippen LogP contribution in [0, 0.1) is 19.8 Å². The van der Waals surface area contributed by atoms with Crippen LogP contribution in [0.5, 0.6) is 5.75 Å². The maximum absolute atomic E-state index is 5.88. The van der Waals surface area contributed by atoms with E-state index >= 15 is 0 Å². The Kier molecular flexibility index (Phi) is 5.20. The zero-order valence-electron chi connectivity index (χ0n) is 13.7. The molecule has 0 radical (unpaired) electrons. The van der Waals surface area contributed by atoms with Crippen molar-refractivity contribution < 1.29 is 4.74 Å². The quantitative estimate of drug-likeness (QED) is 0.832. The first-order chi connectivity index (χ1) is 10.5. The number of rotatable bonds is 6. The van der Waals surface area contributed by atoms with Crippen molar-refractivity contribution in [3.05, 3.63) is 41.2 Å². The molecule has 0 unspecified atom stereocenters. The number of nitrogen functional groups attached to an aromatic ring is 1. The van der Waals surface area contributed by atoms with Crippen molar-refractivity contribution in [2.24, 2.45) is 11.0 Å². The Balaban J connectivity index is 2.18. The number of aryl methyl sites for hydroxylation is 2. The van der Waals surface area contributed by atoms with Crippen molar-refractivity contribution in [2.75, 3.05) is 12.3 Å². The van der Waals surface area contributed by atoms with Crippen LogP contribution >= 0.6 is 0 Å². The van der Waals surface area contributed by atoms with Gasteiger partial charge in [0, 0.05) is 5.56 Å². The molecule has 1 aromatic carbocycles. The first-order valence-corrected chi connectivity index (χ1v) is 7.55. The summed E-state index contributed by atoms with van der Waals surface area (Å²) in [4.78, 5) is 4.13. The van der Waals surface area contributed by atoms with Crippen molar-refractivity contribution in [3.8, 4) is 5.75 Å². The van der Waals surface area contributed by atoms with Crippen LogP contribution < -0.4 is 10.5 Å². The first kappa shape index (κ1) is 16.1. The van der Waals surface area contributed by atoms with Gasteiger partial charge in [0.1, 0.15) is 5.75 Å². The van der Waals surface area contributed by atoms with E-state index in [0.717, 1.165) is 29.0 Å². The van der Waals surface area contributed by atoms with E-state index in [1.165, 1.54) is 0 Å². The van der Waals surface area contributed by atoms with Crippen LogP contribution in [-0.2, 0) is 0 Å². The number of imidazole rings is 1. The molecule has 22 heavy (non-hydrogen) atoms. The molecular formula is C17H24N4O. The van der Waals surface area contributed by atoms with Crippen molar-refractivity contribution in [3.63, 3.8) is 0 Å². The molecule has 0 saturated heterocycles. The fourth-order valence-electron chi connectivity index (χ4n) is 2.03. The molecule has 0 aliphatic carbocycles. The molecule has 2 aromatic rings. The molecule has 2 N–H and O–H groups in total. The smallest absolute Gasteiger partial charge is 0.221 e. The highest BCUT2D eigenvalue weighted by Gasteiger charge is 2.04. The number of nitrogens with zero attached hydrogens (tertiary/aromatic N) is 3. The highest BCUT2D eigenvalue weighted by Crippen LogP contribution is 2.19. The van der Waals surface area contributed by atoms with E-state index in [1.54, 1.807) is 17.1 Å². The minimum atomic E-state index is 0.378. The number of anilines is 1. The number of hydrogen-bond donors (Lipinski definition) is 1. The number of aromatic nitrogens is 2. The van der Waals surface area contributed by atoms with E-state index in [9.17, 15) is 0 Å². The van der Waals surface area contributed by atoms with Crippen molar-refractivity contribution in [1.82, 2.24) is 9.66 Å². The lowest BCUT2D eigenvalue weighted by Gasteiger charge is -2.11. The fraction of sp³-hybridized carbons (Fsp3) is 0.412. The van der Waals surface area contributed by atoms with Gasteiger partial charge in [0.05, 0.1) is 24.7 Å². The van der Waals surface area contributed by atoms with Crippen molar-refractivity contribution >= 4 is 12.2 Å². The maximum atomic E-state index is 5.88. The van der Waals surface area contributed by atoms with Gasteiger partial charge in [0.25, 0.3) is 0 Å². The van der Waals surface area contributed by atoms with Crippen LogP contribution in [0.4, 0.5) is 5.95 Å². The van der Waals surface area contributed by atoms with Crippen molar-refractivity contribution in [2.45, 2.75) is 34.1 Å². The normalized spacial score (nSPS) is 11.5. The third-order valence-corrected chi connectivity index (χ3v) is 3.27. The van der Waals surface area contributed by atoms with E-state index in [4.69, 9.17) is 10.5 Å². The SMILES string of the molecule is Cc1ccc(OCCC(C)C)c(C=Nn2cc(C)nc2N)c1. The molecule has 2 rings (SSSR count). The van der Waals surface area contributed by atoms with Crippen LogP contribution in [0.15, 0.2) is 29.5 Å². The lowest BCUT2D eigenvalue weighted by Crippen LogP contribution is -2.04. The van der Waals surface area contributed by atoms with Gasteiger partial charge in [-0.15, -0.1) is 0 Å². The first-order valence-electron chi connectivity index (χ1n) is 7.55. The second kappa shape index (κ2) is 7.11. The van der Waals surface area contributed by atoms with Gasteiger partial charge in [-0.05, 0) is 38.3 Å². The molecule has 118 valence electrons. The molecule has 0 bridgehead atoms. The van der Waals surface area contributed by atoms with Crippen LogP contribution in [0.3, 0.4) is 0 Å². The average Bonchev–Trinajstić information content (AvgIpc) is 2.76. The predicted molar refractivity (Wildman–Crippen MR) is 90.5 cm³/mol. The Morgan fingerprint density at radius 3 is 2.77 bits per heavy atom. The zero-order chi connectivity index (χ0) is 16.1. The third-order valence-electron chi connectivity index (χ3n) is 3.27. The summed E-state index contributed by atoms with van der Waals surface area (Å²) >= 11 is 0.